The lowest BCUT2D eigenvalue weighted by atomic mass is 9.92. The van der Waals surface area contributed by atoms with Gasteiger partial charge in [-0.2, -0.15) is 5.26 Å². The number of sulfonamides is 1. The summed E-state index contributed by atoms with van der Waals surface area (Å²) in [5.41, 5.74) is 3.79. The van der Waals surface area contributed by atoms with E-state index in [-0.39, 0.29) is 4.90 Å². The summed E-state index contributed by atoms with van der Waals surface area (Å²) in [6, 6.07) is 7.86. The first-order valence-electron chi connectivity index (χ1n) is 10.0. The molecule has 0 radical (unpaired) electrons. The Morgan fingerprint density at radius 2 is 1.93 bits per heavy atom. The average Bonchev–Trinajstić information content (AvgIpc) is 2.92. The van der Waals surface area contributed by atoms with E-state index >= 15 is 0 Å². The zero-order chi connectivity index (χ0) is 21.7. The van der Waals surface area contributed by atoms with E-state index in [1.54, 1.807) is 39.1 Å². The molecule has 1 aliphatic rings. The Morgan fingerprint density at radius 3 is 2.47 bits per heavy atom. The zero-order valence-electron chi connectivity index (χ0n) is 17.6. The third-order valence-corrected chi connectivity index (χ3v) is 7.00. The molecule has 0 spiro atoms. The molecule has 30 heavy (non-hydrogen) atoms. The SMILES string of the molecule is Cc1cnc2c(C#N)c(-c3ccc(S(=O)(=O)NC(C)(C)C)cn3)n(C3CCC3)c2c1. The van der Waals surface area contributed by atoms with Crippen molar-refractivity contribution >= 4 is 21.1 Å². The van der Waals surface area contributed by atoms with Crippen LogP contribution in [0.2, 0.25) is 0 Å². The Bertz CT molecular complexity index is 1260. The summed E-state index contributed by atoms with van der Waals surface area (Å²) in [5, 5.41) is 9.91. The van der Waals surface area contributed by atoms with Crippen LogP contribution in [-0.4, -0.2) is 28.5 Å². The molecule has 7 nitrogen and oxygen atoms in total. The summed E-state index contributed by atoms with van der Waals surface area (Å²) < 4.78 is 30.0. The van der Waals surface area contributed by atoms with E-state index in [0.29, 0.717) is 28.5 Å². The molecule has 1 N–H and O–H groups in total. The van der Waals surface area contributed by atoms with Crippen molar-refractivity contribution < 1.29 is 8.42 Å². The van der Waals surface area contributed by atoms with E-state index in [9.17, 15) is 13.7 Å². The van der Waals surface area contributed by atoms with Crippen molar-refractivity contribution in [3.63, 3.8) is 0 Å². The fraction of sp³-hybridized carbons (Fsp3) is 0.409. The molecule has 0 saturated heterocycles. The van der Waals surface area contributed by atoms with Gasteiger partial charge in [0.1, 0.15) is 22.0 Å². The van der Waals surface area contributed by atoms with Crippen LogP contribution in [0, 0.1) is 18.3 Å². The Hall–Kier alpha value is -2.76. The fourth-order valence-electron chi connectivity index (χ4n) is 3.81. The maximum absolute atomic E-state index is 12.6. The Kier molecular flexibility index (Phi) is 4.91. The molecule has 3 heterocycles. The summed E-state index contributed by atoms with van der Waals surface area (Å²) >= 11 is 0. The van der Waals surface area contributed by atoms with Crippen LogP contribution in [-0.2, 0) is 10.0 Å². The molecule has 3 aromatic heterocycles. The topological polar surface area (TPSA) is 101 Å². The second kappa shape index (κ2) is 7.18. The number of hydrogen-bond acceptors (Lipinski definition) is 5. The third kappa shape index (κ3) is 3.59. The molecular formula is C22H25N5O2S. The number of hydrogen-bond donors (Lipinski definition) is 1. The van der Waals surface area contributed by atoms with Crippen molar-refractivity contribution in [2.45, 2.75) is 63.4 Å². The van der Waals surface area contributed by atoms with Crippen molar-refractivity contribution in [3.8, 4) is 17.5 Å². The molecule has 3 aromatic rings. The van der Waals surface area contributed by atoms with Crippen molar-refractivity contribution in [1.82, 2.24) is 19.3 Å². The van der Waals surface area contributed by atoms with Crippen LogP contribution in [0.15, 0.2) is 35.5 Å². The summed E-state index contributed by atoms with van der Waals surface area (Å²) in [4.78, 5) is 9.07. The molecule has 4 rings (SSSR count). The van der Waals surface area contributed by atoms with Gasteiger partial charge in [-0.15, -0.1) is 0 Å². The lowest BCUT2D eigenvalue weighted by Gasteiger charge is -2.30. The predicted molar refractivity (Wildman–Crippen MR) is 115 cm³/mol. The molecule has 0 bridgehead atoms. The molecule has 1 saturated carbocycles. The normalized spacial score (nSPS) is 15.2. The van der Waals surface area contributed by atoms with Crippen LogP contribution in [0.3, 0.4) is 0 Å². The molecule has 0 aromatic carbocycles. The summed E-state index contributed by atoms with van der Waals surface area (Å²) in [6.45, 7) is 7.35. The molecule has 0 atom stereocenters. The molecule has 8 heteroatoms. The van der Waals surface area contributed by atoms with Gasteiger partial charge in [-0.3, -0.25) is 9.97 Å². The van der Waals surface area contributed by atoms with Gasteiger partial charge in [0.25, 0.3) is 0 Å². The first-order valence-corrected chi connectivity index (χ1v) is 11.5. The van der Waals surface area contributed by atoms with E-state index in [4.69, 9.17) is 0 Å². The molecule has 0 amide bonds. The third-order valence-electron chi connectivity index (χ3n) is 5.26. The van der Waals surface area contributed by atoms with Gasteiger partial charge in [-0.1, -0.05) is 0 Å². The van der Waals surface area contributed by atoms with Crippen LogP contribution < -0.4 is 4.72 Å². The van der Waals surface area contributed by atoms with Gasteiger partial charge in [-0.25, -0.2) is 13.1 Å². The summed E-state index contributed by atoms with van der Waals surface area (Å²) in [6.07, 6.45) is 6.34. The monoisotopic (exact) mass is 423 g/mol. The zero-order valence-corrected chi connectivity index (χ0v) is 18.4. The van der Waals surface area contributed by atoms with Crippen molar-refractivity contribution in [2.24, 2.45) is 0 Å². The van der Waals surface area contributed by atoms with Crippen LogP contribution in [0.25, 0.3) is 22.4 Å². The summed E-state index contributed by atoms with van der Waals surface area (Å²) in [7, 11) is -3.68. The van der Waals surface area contributed by atoms with E-state index in [0.717, 1.165) is 30.3 Å². The maximum atomic E-state index is 12.6. The second-order valence-corrected chi connectivity index (χ2v) is 10.6. The number of nitrogens with one attached hydrogen (secondary N) is 1. The Labute approximate surface area is 176 Å². The van der Waals surface area contributed by atoms with E-state index in [2.05, 4.69) is 31.4 Å². The lowest BCUT2D eigenvalue weighted by Crippen LogP contribution is -2.40. The number of nitriles is 1. The van der Waals surface area contributed by atoms with E-state index < -0.39 is 15.6 Å². The fourth-order valence-corrected chi connectivity index (χ4v) is 5.17. The number of aromatic nitrogens is 3. The Morgan fingerprint density at radius 1 is 1.20 bits per heavy atom. The number of aryl methyl sites for hydroxylation is 1. The minimum atomic E-state index is -3.68. The van der Waals surface area contributed by atoms with Crippen LogP contribution in [0.1, 0.15) is 57.2 Å². The van der Waals surface area contributed by atoms with Crippen molar-refractivity contribution in [1.29, 1.82) is 5.26 Å². The summed E-state index contributed by atoms with van der Waals surface area (Å²) in [5.74, 6) is 0. The minimum Gasteiger partial charge on any atom is -0.334 e. The molecule has 1 fully saturated rings. The van der Waals surface area contributed by atoms with Gasteiger partial charge in [0.15, 0.2) is 0 Å². The number of nitrogens with zero attached hydrogens (tertiary/aromatic N) is 4. The highest BCUT2D eigenvalue weighted by atomic mass is 32.2. The maximum Gasteiger partial charge on any atom is 0.242 e. The molecule has 1 aliphatic carbocycles. The smallest absolute Gasteiger partial charge is 0.242 e. The van der Waals surface area contributed by atoms with Gasteiger partial charge in [-0.05, 0) is 70.7 Å². The van der Waals surface area contributed by atoms with Crippen molar-refractivity contribution in [3.05, 3.63) is 41.7 Å². The van der Waals surface area contributed by atoms with Gasteiger partial charge < -0.3 is 4.57 Å². The minimum absolute atomic E-state index is 0.0972. The van der Waals surface area contributed by atoms with Crippen LogP contribution in [0.5, 0.6) is 0 Å². The van der Waals surface area contributed by atoms with E-state index in [1.165, 1.54) is 6.20 Å². The highest BCUT2D eigenvalue weighted by Crippen LogP contribution is 2.41. The van der Waals surface area contributed by atoms with Gasteiger partial charge in [0.05, 0.1) is 16.9 Å². The highest BCUT2D eigenvalue weighted by molar-refractivity contribution is 7.89. The largest absolute Gasteiger partial charge is 0.334 e. The standard InChI is InChI=1S/C22H25N5O2S/c1-14-10-19-20(25-12-14)17(11-23)21(27(19)15-6-5-7-15)18-9-8-16(13-24-18)30(28,29)26-22(2,3)4/h8-10,12-13,15,26H,5-7H2,1-4H3. The first-order chi connectivity index (χ1) is 14.1. The van der Waals surface area contributed by atoms with Gasteiger partial charge in [0, 0.05) is 24.0 Å². The molecule has 0 unspecified atom stereocenters. The molecular weight excluding hydrogens is 398 g/mol. The number of rotatable bonds is 4. The number of pyridine rings is 2. The Balaban J connectivity index is 1.87. The van der Waals surface area contributed by atoms with Crippen LogP contribution >= 0.6 is 0 Å². The first kappa shape index (κ1) is 20.5. The van der Waals surface area contributed by atoms with Gasteiger partial charge >= 0.3 is 0 Å². The molecule has 0 aliphatic heterocycles. The van der Waals surface area contributed by atoms with Gasteiger partial charge in [0.2, 0.25) is 10.0 Å². The lowest BCUT2D eigenvalue weighted by molar-refractivity contribution is 0.324. The highest BCUT2D eigenvalue weighted by Gasteiger charge is 2.29. The van der Waals surface area contributed by atoms with E-state index in [1.807, 2.05) is 6.92 Å². The quantitative estimate of drug-likeness (QED) is 0.681. The number of fused-ring (bicyclic) bond motifs is 1. The molecule has 156 valence electrons. The predicted octanol–water partition coefficient (Wildman–Crippen LogP) is 4.08. The van der Waals surface area contributed by atoms with Crippen molar-refractivity contribution in [2.75, 3.05) is 0 Å². The average molecular weight is 424 g/mol. The second-order valence-electron chi connectivity index (χ2n) is 8.91. The van der Waals surface area contributed by atoms with Crippen LogP contribution in [0.4, 0.5) is 0 Å².